The molecule has 0 atom stereocenters. The number of hydrogen-bond donors (Lipinski definition) is 1. The van der Waals surface area contributed by atoms with Crippen LogP contribution in [0.15, 0.2) is 42.6 Å². The molecular formula is C16H18N2O2S. The fourth-order valence-electron chi connectivity index (χ4n) is 1.72. The molecule has 0 aliphatic rings. The first-order valence-corrected chi connectivity index (χ1v) is 7.76. The fraction of sp³-hybridized carbons (Fsp3) is 0.250. The Hall–Kier alpha value is -2.01. The summed E-state index contributed by atoms with van der Waals surface area (Å²) in [5.74, 6) is 1.75. The van der Waals surface area contributed by atoms with E-state index in [1.54, 1.807) is 37.2 Å². The number of nitrogens with one attached hydrogen (secondary N) is 1. The van der Waals surface area contributed by atoms with E-state index < -0.39 is 0 Å². The zero-order chi connectivity index (χ0) is 15.1. The van der Waals surface area contributed by atoms with Gasteiger partial charge in [0.15, 0.2) is 0 Å². The van der Waals surface area contributed by atoms with Gasteiger partial charge in [-0.15, -0.1) is 11.8 Å². The van der Waals surface area contributed by atoms with E-state index >= 15 is 0 Å². The summed E-state index contributed by atoms with van der Waals surface area (Å²) in [6.07, 6.45) is 1.58. The van der Waals surface area contributed by atoms with Crippen LogP contribution in [-0.4, -0.2) is 23.8 Å². The van der Waals surface area contributed by atoms with Gasteiger partial charge < -0.3 is 10.1 Å². The Morgan fingerprint density at radius 2 is 2.00 bits per heavy atom. The Morgan fingerprint density at radius 1 is 1.24 bits per heavy atom. The number of hydrogen-bond acceptors (Lipinski definition) is 4. The molecule has 4 nitrogen and oxygen atoms in total. The number of aromatic nitrogens is 1. The molecule has 0 radical (unpaired) electrons. The van der Waals surface area contributed by atoms with Crippen molar-refractivity contribution in [2.45, 2.75) is 12.7 Å². The lowest BCUT2D eigenvalue weighted by molar-refractivity contribution is -0.113. The van der Waals surface area contributed by atoms with E-state index in [1.165, 1.54) is 11.1 Å². The van der Waals surface area contributed by atoms with E-state index in [1.807, 2.05) is 0 Å². The van der Waals surface area contributed by atoms with E-state index in [0.29, 0.717) is 17.3 Å². The van der Waals surface area contributed by atoms with Crippen LogP contribution in [0.2, 0.25) is 0 Å². The SMILES string of the molecule is COc1ccc(NC(=O)CSCc2ccc(C)cc2)cn1. The molecule has 0 bridgehead atoms. The molecule has 0 aliphatic carbocycles. The second-order valence-corrected chi connectivity index (χ2v) is 5.60. The number of carbonyl (C=O) groups excluding carboxylic acids is 1. The second kappa shape index (κ2) is 7.69. The lowest BCUT2D eigenvalue weighted by Crippen LogP contribution is -2.14. The van der Waals surface area contributed by atoms with Crippen LogP contribution in [-0.2, 0) is 10.5 Å². The van der Waals surface area contributed by atoms with Gasteiger partial charge in [0.25, 0.3) is 0 Å². The molecular weight excluding hydrogens is 284 g/mol. The van der Waals surface area contributed by atoms with Crippen molar-refractivity contribution in [2.24, 2.45) is 0 Å². The maximum atomic E-state index is 11.8. The molecule has 5 heteroatoms. The van der Waals surface area contributed by atoms with E-state index in [9.17, 15) is 4.79 Å². The smallest absolute Gasteiger partial charge is 0.234 e. The van der Waals surface area contributed by atoms with Crippen molar-refractivity contribution >= 4 is 23.4 Å². The Labute approximate surface area is 128 Å². The van der Waals surface area contributed by atoms with Crippen LogP contribution in [0.1, 0.15) is 11.1 Å². The number of rotatable bonds is 6. The molecule has 1 aromatic carbocycles. The van der Waals surface area contributed by atoms with Crippen LogP contribution in [0.4, 0.5) is 5.69 Å². The first kappa shape index (κ1) is 15.4. The zero-order valence-corrected chi connectivity index (χ0v) is 12.9. The minimum Gasteiger partial charge on any atom is -0.481 e. The molecule has 21 heavy (non-hydrogen) atoms. The zero-order valence-electron chi connectivity index (χ0n) is 12.1. The van der Waals surface area contributed by atoms with Crippen LogP contribution in [0.5, 0.6) is 5.88 Å². The molecule has 110 valence electrons. The van der Waals surface area contributed by atoms with Gasteiger partial charge in [-0.05, 0) is 18.6 Å². The summed E-state index contributed by atoms with van der Waals surface area (Å²) >= 11 is 1.59. The Balaban J connectivity index is 1.75. The fourth-order valence-corrected chi connectivity index (χ4v) is 2.51. The summed E-state index contributed by atoms with van der Waals surface area (Å²) in [7, 11) is 1.56. The molecule has 1 heterocycles. The summed E-state index contributed by atoms with van der Waals surface area (Å²) in [4.78, 5) is 15.9. The van der Waals surface area contributed by atoms with Crippen LogP contribution in [0.3, 0.4) is 0 Å². The number of carbonyl (C=O) groups is 1. The van der Waals surface area contributed by atoms with Crippen molar-refractivity contribution in [3.63, 3.8) is 0 Å². The van der Waals surface area contributed by atoms with Crippen LogP contribution in [0.25, 0.3) is 0 Å². The Morgan fingerprint density at radius 3 is 2.62 bits per heavy atom. The quantitative estimate of drug-likeness (QED) is 0.890. The van der Waals surface area contributed by atoms with Crippen molar-refractivity contribution in [1.82, 2.24) is 4.98 Å². The lowest BCUT2D eigenvalue weighted by atomic mass is 10.2. The highest BCUT2D eigenvalue weighted by molar-refractivity contribution is 7.99. The van der Waals surface area contributed by atoms with Crippen molar-refractivity contribution < 1.29 is 9.53 Å². The van der Waals surface area contributed by atoms with Crippen molar-refractivity contribution in [3.05, 3.63) is 53.7 Å². The number of methoxy groups -OCH3 is 1. The molecule has 1 aromatic heterocycles. The third-order valence-electron chi connectivity index (χ3n) is 2.85. The molecule has 2 aromatic rings. The van der Waals surface area contributed by atoms with Crippen molar-refractivity contribution in [1.29, 1.82) is 0 Å². The lowest BCUT2D eigenvalue weighted by Gasteiger charge is -2.06. The van der Waals surface area contributed by atoms with Gasteiger partial charge in [0.1, 0.15) is 0 Å². The summed E-state index contributed by atoms with van der Waals surface area (Å²) in [5.41, 5.74) is 3.15. The topological polar surface area (TPSA) is 51.2 Å². The largest absolute Gasteiger partial charge is 0.481 e. The maximum absolute atomic E-state index is 11.8. The number of aryl methyl sites for hydroxylation is 1. The summed E-state index contributed by atoms with van der Waals surface area (Å²) in [6.45, 7) is 2.06. The summed E-state index contributed by atoms with van der Waals surface area (Å²) < 4.78 is 4.97. The third kappa shape index (κ3) is 5.11. The van der Waals surface area contributed by atoms with Gasteiger partial charge in [0.2, 0.25) is 11.8 Å². The number of thioether (sulfide) groups is 1. The molecule has 0 spiro atoms. The molecule has 0 fully saturated rings. The number of amides is 1. The average Bonchev–Trinajstić information content (AvgIpc) is 2.50. The highest BCUT2D eigenvalue weighted by Crippen LogP contribution is 2.14. The highest BCUT2D eigenvalue weighted by Gasteiger charge is 2.04. The molecule has 1 amide bonds. The maximum Gasteiger partial charge on any atom is 0.234 e. The highest BCUT2D eigenvalue weighted by atomic mass is 32.2. The standard InChI is InChI=1S/C16H18N2O2S/c1-12-3-5-13(6-4-12)10-21-11-15(19)18-14-7-8-16(20-2)17-9-14/h3-9H,10-11H2,1-2H3,(H,18,19). The minimum atomic E-state index is -0.0286. The Bertz CT molecular complexity index is 582. The monoisotopic (exact) mass is 302 g/mol. The van der Waals surface area contributed by atoms with E-state index in [2.05, 4.69) is 41.5 Å². The Kier molecular flexibility index (Phi) is 5.63. The number of anilines is 1. The third-order valence-corrected chi connectivity index (χ3v) is 3.86. The average molecular weight is 302 g/mol. The molecule has 1 N–H and O–H groups in total. The van der Waals surface area contributed by atoms with Gasteiger partial charge in [-0.2, -0.15) is 0 Å². The van der Waals surface area contributed by atoms with Crippen molar-refractivity contribution in [2.75, 3.05) is 18.2 Å². The van der Waals surface area contributed by atoms with E-state index in [-0.39, 0.29) is 5.91 Å². The van der Waals surface area contributed by atoms with Gasteiger partial charge in [0.05, 0.1) is 24.7 Å². The summed E-state index contributed by atoms with van der Waals surface area (Å²) in [6, 6.07) is 11.8. The predicted molar refractivity (Wildman–Crippen MR) is 86.8 cm³/mol. The van der Waals surface area contributed by atoms with Gasteiger partial charge in [-0.25, -0.2) is 4.98 Å². The normalized spacial score (nSPS) is 10.2. The van der Waals surface area contributed by atoms with Gasteiger partial charge in [0, 0.05) is 11.8 Å². The van der Waals surface area contributed by atoms with Crippen LogP contribution in [0, 0.1) is 6.92 Å². The molecule has 0 saturated heterocycles. The first-order valence-electron chi connectivity index (χ1n) is 6.60. The van der Waals surface area contributed by atoms with E-state index in [4.69, 9.17) is 4.74 Å². The molecule has 0 aliphatic heterocycles. The second-order valence-electron chi connectivity index (χ2n) is 4.62. The number of pyridine rings is 1. The van der Waals surface area contributed by atoms with Crippen molar-refractivity contribution in [3.8, 4) is 5.88 Å². The summed E-state index contributed by atoms with van der Waals surface area (Å²) in [5, 5.41) is 2.81. The molecule has 2 rings (SSSR count). The van der Waals surface area contributed by atoms with Gasteiger partial charge in [-0.3, -0.25) is 4.79 Å². The van der Waals surface area contributed by atoms with Crippen LogP contribution >= 0.6 is 11.8 Å². The number of benzene rings is 1. The number of ether oxygens (including phenoxy) is 1. The predicted octanol–water partition coefficient (Wildman–Crippen LogP) is 3.27. The van der Waals surface area contributed by atoms with Gasteiger partial charge in [-0.1, -0.05) is 29.8 Å². The number of nitrogens with zero attached hydrogens (tertiary/aromatic N) is 1. The minimum absolute atomic E-state index is 0.0286. The first-order chi connectivity index (χ1) is 10.2. The van der Waals surface area contributed by atoms with Crippen LogP contribution < -0.4 is 10.1 Å². The van der Waals surface area contributed by atoms with Gasteiger partial charge >= 0.3 is 0 Å². The molecule has 0 saturated carbocycles. The van der Waals surface area contributed by atoms with E-state index in [0.717, 1.165) is 5.75 Å². The molecule has 0 unspecified atom stereocenters.